The van der Waals surface area contributed by atoms with Gasteiger partial charge in [-0.25, -0.2) is 4.79 Å². The lowest BCUT2D eigenvalue weighted by Gasteiger charge is -2.19. The Labute approximate surface area is 134 Å². The molecule has 1 amide bonds. The van der Waals surface area contributed by atoms with Gasteiger partial charge >= 0.3 is 6.09 Å². The monoisotopic (exact) mass is 312 g/mol. The first kappa shape index (κ1) is 18.6. The Balaban J connectivity index is 2.12. The van der Waals surface area contributed by atoms with Gasteiger partial charge in [0.25, 0.3) is 0 Å². The molecule has 0 aromatic carbocycles. The molecule has 1 aliphatic rings. The SMILES string of the molecule is CC(C)(C)OC(=O)NCCCN=C(N)NC1CCCCCC1. The molecule has 4 N–H and O–H groups in total. The van der Waals surface area contributed by atoms with E-state index in [0.717, 1.165) is 6.42 Å². The molecule has 6 heteroatoms. The molecule has 0 aliphatic heterocycles. The molecule has 0 radical (unpaired) electrons. The van der Waals surface area contributed by atoms with Gasteiger partial charge in [0.05, 0.1) is 0 Å². The molecule has 1 rings (SSSR count). The number of ether oxygens (including phenoxy) is 1. The van der Waals surface area contributed by atoms with E-state index >= 15 is 0 Å². The fourth-order valence-electron chi connectivity index (χ4n) is 2.46. The van der Waals surface area contributed by atoms with E-state index in [1.807, 2.05) is 20.8 Å². The predicted molar refractivity (Wildman–Crippen MR) is 90.0 cm³/mol. The first-order valence-corrected chi connectivity index (χ1v) is 8.40. The Morgan fingerprint density at radius 2 is 1.86 bits per heavy atom. The Hall–Kier alpha value is -1.46. The van der Waals surface area contributed by atoms with E-state index in [0.29, 0.717) is 25.1 Å². The van der Waals surface area contributed by atoms with Crippen LogP contribution in [0.15, 0.2) is 4.99 Å². The van der Waals surface area contributed by atoms with Crippen molar-refractivity contribution in [2.45, 2.75) is 77.4 Å². The number of guanidine groups is 1. The molecule has 0 aromatic rings. The number of amides is 1. The van der Waals surface area contributed by atoms with Gasteiger partial charge in [0.15, 0.2) is 5.96 Å². The van der Waals surface area contributed by atoms with Crippen LogP contribution in [0.1, 0.15) is 65.7 Å². The number of hydrogen-bond acceptors (Lipinski definition) is 3. The van der Waals surface area contributed by atoms with Gasteiger partial charge in [-0.2, -0.15) is 0 Å². The molecule has 1 saturated carbocycles. The first-order valence-electron chi connectivity index (χ1n) is 8.40. The molecule has 1 aliphatic carbocycles. The van der Waals surface area contributed by atoms with Crippen molar-refractivity contribution in [2.24, 2.45) is 10.7 Å². The largest absolute Gasteiger partial charge is 0.444 e. The summed E-state index contributed by atoms with van der Waals surface area (Å²) in [5.41, 5.74) is 5.44. The molecule has 6 nitrogen and oxygen atoms in total. The van der Waals surface area contributed by atoms with Crippen LogP contribution in [0, 0.1) is 0 Å². The molecule has 0 heterocycles. The van der Waals surface area contributed by atoms with Crippen LogP contribution in [0.2, 0.25) is 0 Å². The number of rotatable bonds is 5. The number of nitrogens with one attached hydrogen (secondary N) is 2. The summed E-state index contributed by atoms with van der Waals surface area (Å²) >= 11 is 0. The van der Waals surface area contributed by atoms with Gasteiger partial charge in [-0.1, -0.05) is 25.7 Å². The zero-order valence-electron chi connectivity index (χ0n) is 14.3. The lowest BCUT2D eigenvalue weighted by atomic mass is 10.1. The van der Waals surface area contributed by atoms with Gasteiger partial charge in [-0.05, 0) is 40.0 Å². The van der Waals surface area contributed by atoms with E-state index in [-0.39, 0.29) is 6.09 Å². The molecule has 0 atom stereocenters. The maximum atomic E-state index is 11.4. The van der Waals surface area contributed by atoms with Gasteiger partial charge < -0.3 is 21.1 Å². The Morgan fingerprint density at radius 1 is 1.23 bits per heavy atom. The Morgan fingerprint density at radius 3 is 2.45 bits per heavy atom. The van der Waals surface area contributed by atoms with Crippen molar-refractivity contribution in [2.75, 3.05) is 13.1 Å². The molecular formula is C16H32N4O2. The number of hydrogen-bond donors (Lipinski definition) is 3. The molecule has 22 heavy (non-hydrogen) atoms. The van der Waals surface area contributed by atoms with E-state index in [4.69, 9.17) is 10.5 Å². The molecule has 0 unspecified atom stereocenters. The highest BCUT2D eigenvalue weighted by Crippen LogP contribution is 2.16. The second kappa shape index (κ2) is 9.54. The van der Waals surface area contributed by atoms with E-state index in [9.17, 15) is 4.79 Å². The number of aliphatic imine (C=N–C) groups is 1. The van der Waals surface area contributed by atoms with Gasteiger partial charge in [0.2, 0.25) is 0 Å². The van der Waals surface area contributed by atoms with Crippen LogP contribution < -0.4 is 16.4 Å². The lowest BCUT2D eigenvalue weighted by Crippen LogP contribution is -2.40. The van der Waals surface area contributed by atoms with Gasteiger partial charge in [0.1, 0.15) is 5.60 Å². The van der Waals surface area contributed by atoms with Crippen molar-refractivity contribution in [3.05, 3.63) is 0 Å². The van der Waals surface area contributed by atoms with E-state index in [2.05, 4.69) is 15.6 Å². The van der Waals surface area contributed by atoms with Crippen molar-refractivity contribution >= 4 is 12.1 Å². The molecule has 0 spiro atoms. The third-order valence-corrected chi connectivity index (χ3v) is 3.49. The molecule has 1 fully saturated rings. The average molecular weight is 312 g/mol. The summed E-state index contributed by atoms with van der Waals surface area (Å²) in [6.07, 6.45) is 7.90. The second-order valence-electron chi connectivity index (χ2n) is 6.88. The van der Waals surface area contributed by atoms with E-state index in [1.54, 1.807) is 0 Å². The third kappa shape index (κ3) is 9.47. The van der Waals surface area contributed by atoms with Gasteiger partial charge in [0, 0.05) is 19.1 Å². The fraction of sp³-hybridized carbons (Fsp3) is 0.875. The summed E-state index contributed by atoms with van der Waals surface area (Å²) in [6, 6.07) is 0.464. The highest BCUT2D eigenvalue weighted by atomic mass is 16.6. The van der Waals surface area contributed by atoms with Gasteiger partial charge in [-0.15, -0.1) is 0 Å². The minimum absolute atomic E-state index is 0.388. The van der Waals surface area contributed by atoms with Crippen LogP contribution >= 0.6 is 0 Å². The number of nitrogens with two attached hydrogens (primary N) is 1. The summed E-state index contributed by atoms with van der Waals surface area (Å²) in [6.45, 7) is 6.67. The Kier molecular flexibility index (Phi) is 8.06. The van der Waals surface area contributed by atoms with Crippen LogP contribution in [-0.2, 0) is 4.74 Å². The summed E-state index contributed by atoms with van der Waals surface area (Å²) in [5, 5.41) is 6.02. The highest BCUT2D eigenvalue weighted by molar-refractivity contribution is 5.78. The summed E-state index contributed by atoms with van der Waals surface area (Å²) in [4.78, 5) is 15.8. The number of carbonyl (C=O) groups is 1. The number of alkyl carbamates (subject to hydrolysis) is 1. The van der Waals surface area contributed by atoms with E-state index in [1.165, 1.54) is 38.5 Å². The minimum Gasteiger partial charge on any atom is -0.444 e. The van der Waals surface area contributed by atoms with Gasteiger partial charge in [-0.3, -0.25) is 4.99 Å². The summed E-state index contributed by atoms with van der Waals surface area (Å²) in [5.74, 6) is 0.518. The van der Waals surface area contributed by atoms with Crippen LogP contribution in [-0.4, -0.2) is 36.8 Å². The standard InChI is InChI=1S/C16H32N4O2/c1-16(2,3)22-15(21)19-12-8-11-18-14(17)20-13-9-6-4-5-7-10-13/h13H,4-12H2,1-3H3,(H,19,21)(H3,17,18,20). The van der Waals surface area contributed by atoms with Crippen molar-refractivity contribution in [1.82, 2.24) is 10.6 Å². The number of nitrogens with zero attached hydrogens (tertiary/aromatic N) is 1. The summed E-state index contributed by atoms with van der Waals surface area (Å²) in [7, 11) is 0. The molecule has 0 bridgehead atoms. The quantitative estimate of drug-likeness (QED) is 0.315. The Bertz CT molecular complexity index is 356. The maximum absolute atomic E-state index is 11.4. The topological polar surface area (TPSA) is 88.7 Å². The fourth-order valence-corrected chi connectivity index (χ4v) is 2.46. The zero-order valence-corrected chi connectivity index (χ0v) is 14.3. The van der Waals surface area contributed by atoms with Crippen LogP contribution in [0.5, 0.6) is 0 Å². The minimum atomic E-state index is -0.463. The number of carbonyl (C=O) groups excluding carboxylic acids is 1. The second-order valence-corrected chi connectivity index (χ2v) is 6.88. The van der Waals surface area contributed by atoms with Crippen LogP contribution in [0.25, 0.3) is 0 Å². The first-order chi connectivity index (χ1) is 10.4. The molecule has 128 valence electrons. The smallest absolute Gasteiger partial charge is 0.407 e. The lowest BCUT2D eigenvalue weighted by molar-refractivity contribution is 0.0527. The van der Waals surface area contributed by atoms with Crippen molar-refractivity contribution in [3.8, 4) is 0 Å². The highest BCUT2D eigenvalue weighted by Gasteiger charge is 2.15. The summed E-state index contributed by atoms with van der Waals surface area (Å²) < 4.78 is 5.15. The maximum Gasteiger partial charge on any atom is 0.407 e. The molecule has 0 aromatic heterocycles. The average Bonchev–Trinajstić information content (AvgIpc) is 2.64. The van der Waals surface area contributed by atoms with Crippen molar-refractivity contribution < 1.29 is 9.53 Å². The zero-order chi connectivity index (χ0) is 16.4. The predicted octanol–water partition coefficient (Wildman–Crippen LogP) is 2.53. The van der Waals surface area contributed by atoms with E-state index < -0.39 is 5.60 Å². The molecule has 0 saturated heterocycles. The molecular weight excluding hydrogens is 280 g/mol. The third-order valence-electron chi connectivity index (χ3n) is 3.49. The van der Waals surface area contributed by atoms with Crippen molar-refractivity contribution in [1.29, 1.82) is 0 Å². The van der Waals surface area contributed by atoms with Crippen LogP contribution in [0.3, 0.4) is 0 Å². The normalized spacial score (nSPS) is 17.7. The van der Waals surface area contributed by atoms with Crippen molar-refractivity contribution in [3.63, 3.8) is 0 Å². The van der Waals surface area contributed by atoms with Crippen LogP contribution in [0.4, 0.5) is 4.79 Å².